The summed E-state index contributed by atoms with van der Waals surface area (Å²) in [6, 6.07) is 14.2. The fourth-order valence-electron chi connectivity index (χ4n) is 3.71. The highest BCUT2D eigenvalue weighted by Crippen LogP contribution is 2.29. The van der Waals surface area contributed by atoms with Crippen molar-refractivity contribution in [2.24, 2.45) is 0 Å². The zero-order valence-electron chi connectivity index (χ0n) is 18.7. The number of hydrogen-bond donors (Lipinski definition) is 1. The molecule has 5 aromatic rings. The molecule has 0 bridgehead atoms. The number of nitrogens with zero attached hydrogens (tertiary/aromatic N) is 6. The number of Topliss-reactive ketones (excluding diaryl/α,β-unsaturated/α-hetero) is 1. The van der Waals surface area contributed by atoms with Crippen LogP contribution in [-0.4, -0.2) is 35.5 Å². The van der Waals surface area contributed by atoms with E-state index < -0.39 is 5.95 Å². The summed E-state index contributed by atoms with van der Waals surface area (Å²) in [5.74, 6) is 0.407. The Morgan fingerprint density at radius 1 is 1.00 bits per heavy atom. The maximum absolute atomic E-state index is 13.9. The lowest BCUT2D eigenvalue weighted by atomic mass is 10.0. The van der Waals surface area contributed by atoms with Crippen LogP contribution in [-0.2, 0) is 0 Å². The Kier molecular flexibility index (Phi) is 5.29. The minimum absolute atomic E-state index is 0.156. The number of hydrogen-bond acceptors (Lipinski definition) is 7. The first-order chi connectivity index (χ1) is 16.4. The van der Waals surface area contributed by atoms with Gasteiger partial charge in [-0.2, -0.15) is 9.49 Å². The van der Waals surface area contributed by atoms with Crippen LogP contribution in [0.1, 0.15) is 28.5 Å². The molecule has 0 aliphatic heterocycles. The minimum atomic E-state index is -0.631. The van der Waals surface area contributed by atoms with Gasteiger partial charge in [0.05, 0.1) is 22.4 Å². The Hall–Kier alpha value is -4.53. The third kappa shape index (κ3) is 3.99. The molecule has 34 heavy (non-hydrogen) atoms. The van der Waals surface area contributed by atoms with E-state index in [1.807, 2.05) is 41.8 Å². The van der Waals surface area contributed by atoms with Crippen molar-refractivity contribution < 1.29 is 9.18 Å². The van der Waals surface area contributed by atoms with E-state index >= 15 is 0 Å². The molecular formula is C25H20FN7O. The number of halogens is 1. The number of aryl methyl sites for hydroxylation is 2. The van der Waals surface area contributed by atoms with Crippen LogP contribution >= 0.6 is 0 Å². The van der Waals surface area contributed by atoms with Gasteiger partial charge in [-0.05, 0) is 68.8 Å². The molecule has 1 aromatic carbocycles. The lowest BCUT2D eigenvalue weighted by Gasteiger charge is -2.12. The first-order valence-electron chi connectivity index (χ1n) is 10.6. The van der Waals surface area contributed by atoms with Crippen LogP contribution in [0.2, 0.25) is 0 Å². The summed E-state index contributed by atoms with van der Waals surface area (Å²) in [6.07, 6.45) is 3.10. The number of imidazole rings is 1. The monoisotopic (exact) mass is 453 g/mol. The van der Waals surface area contributed by atoms with Crippen LogP contribution < -0.4 is 5.32 Å². The van der Waals surface area contributed by atoms with Gasteiger partial charge < -0.3 is 5.32 Å². The normalized spacial score (nSPS) is 11.1. The van der Waals surface area contributed by atoms with Crippen molar-refractivity contribution in [3.8, 4) is 17.1 Å². The maximum Gasteiger partial charge on any atom is 0.213 e. The first-order valence-corrected chi connectivity index (χ1v) is 10.6. The molecule has 0 saturated carbocycles. The van der Waals surface area contributed by atoms with Crippen LogP contribution in [0.15, 0.2) is 61.1 Å². The van der Waals surface area contributed by atoms with Gasteiger partial charge in [-0.1, -0.05) is 0 Å². The number of nitrogens with one attached hydrogen (secondary N) is 1. The summed E-state index contributed by atoms with van der Waals surface area (Å²) in [4.78, 5) is 25.2. The molecule has 4 heterocycles. The predicted octanol–water partition coefficient (Wildman–Crippen LogP) is 4.97. The standard InChI is InChI=1S/C25H20FN7O/c1-14-12-27-22(26)11-19(14)25-18(16(3)34)6-9-24(30-25)33-13-28-20-10-17(5-7-21(20)33)29-23-8-4-15(2)31-32-23/h4-13H,1-3H3,(H,29,32). The van der Waals surface area contributed by atoms with E-state index in [-0.39, 0.29) is 5.78 Å². The average molecular weight is 453 g/mol. The Morgan fingerprint density at radius 3 is 2.62 bits per heavy atom. The number of aromatic nitrogens is 6. The molecule has 0 unspecified atom stereocenters. The molecule has 9 heteroatoms. The predicted molar refractivity (Wildman–Crippen MR) is 127 cm³/mol. The van der Waals surface area contributed by atoms with Gasteiger partial charge in [0.2, 0.25) is 5.95 Å². The number of ketones is 1. The minimum Gasteiger partial charge on any atom is -0.339 e. The van der Waals surface area contributed by atoms with Crippen LogP contribution in [0.3, 0.4) is 0 Å². The number of pyridine rings is 2. The summed E-state index contributed by atoms with van der Waals surface area (Å²) < 4.78 is 15.7. The first kappa shape index (κ1) is 21.3. The summed E-state index contributed by atoms with van der Waals surface area (Å²) in [7, 11) is 0. The van der Waals surface area contributed by atoms with E-state index in [1.54, 1.807) is 25.4 Å². The van der Waals surface area contributed by atoms with Crippen molar-refractivity contribution in [2.45, 2.75) is 20.8 Å². The van der Waals surface area contributed by atoms with Crippen molar-refractivity contribution in [3.63, 3.8) is 0 Å². The molecule has 0 saturated heterocycles. The summed E-state index contributed by atoms with van der Waals surface area (Å²) in [5, 5.41) is 11.4. The molecule has 0 atom stereocenters. The number of carbonyl (C=O) groups is 1. The smallest absolute Gasteiger partial charge is 0.213 e. The van der Waals surface area contributed by atoms with Crippen LogP contribution in [0.25, 0.3) is 28.1 Å². The third-order valence-electron chi connectivity index (χ3n) is 5.45. The van der Waals surface area contributed by atoms with Crippen molar-refractivity contribution >= 4 is 28.3 Å². The fraction of sp³-hybridized carbons (Fsp3) is 0.120. The lowest BCUT2D eigenvalue weighted by Crippen LogP contribution is -2.05. The summed E-state index contributed by atoms with van der Waals surface area (Å²) in [5.41, 5.74) is 5.29. The molecule has 1 N–H and O–H groups in total. The number of anilines is 2. The average Bonchev–Trinajstić information content (AvgIpc) is 3.25. The SMILES string of the molecule is CC(=O)c1ccc(-n2cnc3cc(Nc4ccc(C)nn4)ccc32)nc1-c1cc(F)ncc1C. The van der Waals surface area contributed by atoms with Crippen molar-refractivity contribution in [1.82, 2.24) is 29.7 Å². The number of fused-ring (bicyclic) bond motifs is 1. The molecular weight excluding hydrogens is 433 g/mol. The lowest BCUT2D eigenvalue weighted by molar-refractivity contribution is 0.101. The highest BCUT2D eigenvalue weighted by atomic mass is 19.1. The number of benzene rings is 1. The van der Waals surface area contributed by atoms with E-state index in [0.717, 1.165) is 28.0 Å². The molecule has 0 radical (unpaired) electrons. The zero-order chi connectivity index (χ0) is 23.8. The second-order valence-electron chi connectivity index (χ2n) is 7.95. The second-order valence-corrected chi connectivity index (χ2v) is 7.95. The largest absolute Gasteiger partial charge is 0.339 e. The Morgan fingerprint density at radius 2 is 1.85 bits per heavy atom. The summed E-state index contributed by atoms with van der Waals surface area (Å²) >= 11 is 0. The highest BCUT2D eigenvalue weighted by Gasteiger charge is 2.17. The van der Waals surface area contributed by atoms with Crippen LogP contribution in [0.5, 0.6) is 0 Å². The van der Waals surface area contributed by atoms with Crippen LogP contribution in [0.4, 0.5) is 15.9 Å². The molecule has 0 aliphatic carbocycles. The van der Waals surface area contributed by atoms with Gasteiger partial charge >= 0.3 is 0 Å². The van der Waals surface area contributed by atoms with Gasteiger partial charge in [-0.15, -0.1) is 5.10 Å². The summed E-state index contributed by atoms with van der Waals surface area (Å²) in [6.45, 7) is 5.15. The van der Waals surface area contributed by atoms with Gasteiger partial charge in [0.1, 0.15) is 12.1 Å². The van der Waals surface area contributed by atoms with Crippen LogP contribution in [0, 0.1) is 19.8 Å². The van der Waals surface area contributed by atoms with Gasteiger partial charge in [-0.3, -0.25) is 9.36 Å². The Balaban J connectivity index is 1.56. The van der Waals surface area contributed by atoms with Gasteiger partial charge in [0.25, 0.3) is 0 Å². The molecule has 0 fully saturated rings. The van der Waals surface area contributed by atoms with E-state index in [9.17, 15) is 9.18 Å². The molecule has 5 rings (SSSR count). The maximum atomic E-state index is 13.9. The Bertz CT molecular complexity index is 1540. The molecule has 4 aromatic heterocycles. The number of carbonyl (C=O) groups excluding carboxylic acids is 1. The van der Waals surface area contributed by atoms with E-state index in [2.05, 4.69) is 25.5 Å². The van der Waals surface area contributed by atoms with Crippen molar-refractivity contribution in [2.75, 3.05) is 5.32 Å². The van der Waals surface area contributed by atoms with Gasteiger partial charge in [0.15, 0.2) is 11.6 Å². The van der Waals surface area contributed by atoms with E-state index in [0.29, 0.717) is 28.5 Å². The van der Waals surface area contributed by atoms with E-state index in [4.69, 9.17) is 4.98 Å². The van der Waals surface area contributed by atoms with Gasteiger partial charge in [0, 0.05) is 29.1 Å². The van der Waals surface area contributed by atoms with Crippen molar-refractivity contribution in [3.05, 3.63) is 83.8 Å². The highest BCUT2D eigenvalue weighted by molar-refractivity contribution is 6.00. The fourth-order valence-corrected chi connectivity index (χ4v) is 3.71. The molecule has 8 nitrogen and oxygen atoms in total. The quantitative estimate of drug-likeness (QED) is 0.296. The van der Waals surface area contributed by atoms with Gasteiger partial charge in [-0.25, -0.2) is 15.0 Å². The third-order valence-corrected chi connectivity index (χ3v) is 5.45. The molecule has 0 amide bonds. The number of rotatable bonds is 5. The van der Waals surface area contributed by atoms with E-state index in [1.165, 1.54) is 19.2 Å². The Labute approximate surface area is 194 Å². The zero-order valence-corrected chi connectivity index (χ0v) is 18.7. The molecule has 168 valence electrons. The molecule has 0 aliphatic rings. The topological polar surface area (TPSA) is 98.5 Å². The van der Waals surface area contributed by atoms with Crippen molar-refractivity contribution in [1.29, 1.82) is 0 Å². The second kappa shape index (κ2) is 8.43. The molecule has 0 spiro atoms.